The molecule has 1 aliphatic heterocycles. The highest BCUT2D eigenvalue weighted by molar-refractivity contribution is 6.00. The first-order valence-electron chi connectivity index (χ1n) is 11.4. The topological polar surface area (TPSA) is 72.5 Å². The van der Waals surface area contributed by atoms with Crippen molar-refractivity contribution in [3.05, 3.63) is 70.7 Å². The quantitative estimate of drug-likeness (QED) is 0.375. The molecule has 1 aliphatic rings. The fourth-order valence-electron chi connectivity index (χ4n) is 4.77. The first-order chi connectivity index (χ1) is 16.8. The molecule has 1 atom stereocenters. The molecule has 0 radical (unpaired) electrons. The second kappa shape index (κ2) is 11.5. The minimum absolute atomic E-state index is 0. The minimum Gasteiger partial charge on any atom is -0.465 e. The number of piperidine rings is 1. The van der Waals surface area contributed by atoms with Crippen molar-refractivity contribution in [2.24, 2.45) is 0 Å². The van der Waals surface area contributed by atoms with E-state index in [9.17, 15) is 18.0 Å². The number of hydrogen-bond donors (Lipinski definition) is 2. The van der Waals surface area contributed by atoms with E-state index in [4.69, 9.17) is 9.47 Å². The van der Waals surface area contributed by atoms with Crippen molar-refractivity contribution in [2.75, 3.05) is 32.6 Å². The fraction of sp³-hybridized carbons (Fsp3) is 0.385. The van der Waals surface area contributed by atoms with Crippen LogP contribution in [0, 0.1) is 5.82 Å². The molecular formula is C26H29ClF3N3O3. The van der Waals surface area contributed by atoms with Crippen molar-refractivity contribution in [2.45, 2.75) is 37.8 Å². The van der Waals surface area contributed by atoms with Crippen LogP contribution in [-0.2, 0) is 15.1 Å². The summed E-state index contributed by atoms with van der Waals surface area (Å²) in [7, 11) is 2.95. The standard InChI is InChI=1S/C26H28F3N3O3.ClH/c1-15(16-5-4-6-17(23(16)27)24(28)29)32-21-7-10-31-22-14-18(25(33)34-2)20(13-19(21)22)26(35-3)8-11-30-12-9-26;/h4-7,10,13-15,24,30H,8-9,11-12H2,1-3H3,(H,31,32);1H. The summed E-state index contributed by atoms with van der Waals surface area (Å²) < 4.78 is 52.2. The number of carbonyl (C=O) groups excluding carboxylic acids is 1. The molecule has 0 aliphatic carbocycles. The molecule has 2 heterocycles. The number of alkyl halides is 2. The molecule has 3 aromatic rings. The van der Waals surface area contributed by atoms with Gasteiger partial charge in [0.05, 0.1) is 35.4 Å². The first kappa shape index (κ1) is 27.7. The van der Waals surface area contributed by atoms with Gasteiger partial charge in [0.1, 0.15) is 5.82 Å². The molecule has 2 aromatic carbocycles. The molecule has 0 saturated carbocycles. The number of methoxy groups -OCH3 is 2. The van der Waals surface area contributed by atoms with E-state index < -0.39 is 35.4 Å². The number of rotatable bonds is 7. The number of nitrogens with one attached hydrogen (secondary N) is 2. The number of ether oxygens (including phenoxy) is 2. The Morgan fingerprint density at radius 3 is 2.47 bits per heavy atom. The summed E-state index contributed by atoms with van der Waals surface area (Å²) in [6.45, 7) is 3.15. The number of aromatic nitrogens is 1. The summed E-state index contributed by atoms with van der Waals surface area (Å²) in [6, 6.07) is 8.65. The highest BCUT2D eigenvalue weighted by Gasteiger charge is 2.38. The number of carbonyl (C=O) groups is 1. The summed E-state index contributed by atoms with van der Waals surface area (Å²) in [5, 5.41) is 7.24. The third-order valence-electron chi connectivity index (χ3n) is 6.71. The Morgan fingerprint density at radius 2 is 1.83 bits per heavy atom. The van der Waals surface area contributed by atoms with Crippen molar-refractivity contribution >= 4 is 35.0 Å². The van der Waals surface area contributed by atoms with Gasteiger partial charge < -0.3 is 20.1 Å². The normalized spacial score (nSPS) is 15.9. The second-order valence-corrected chi connectivity index (χ2v) is 8.63. The van der Waals surface area contributed by atoms with Crippen LogP contribution in [0.2, 0.25) is 0 Å². The Hall–Kier alpha value is -2.88. The van der Waals surface area contributed by atoms with Gasteiger partial charge in [-0.3, -0.25) is 4.98 Å². The molecule has 1 aromatic heterocycles. The zero-order valence-corrected chi connectivity index (χ0v) is 21.1. The van der Waals surface area contributed by atoms with E-state index in [-0.39, 0.29) is 18.0 Å². The van der Waals surface area contributed by atoms with E-state index in [0.29, 0.717) is 40.6 Å². The second-order valence-electron chi connectivity index (χ2n) is 8.63. The number of hydrogen-bond acceptors (Lipinski definition) is 6. The van der Waals surface area contributed by atoms with Crippen molar-refractivity contribution in [3.63, 3.8) is 0 Å². The molecule has 0 bridgehead atoms. The number of nitrogens with zero attached hydrogens (tertiary/aromatic N) is 1. The molecule has 10 heteroatoms. The van der Waals surface area contributed by atoms with Crippen LogP contribution in [0.5, 0.6) is 0 Å². The van der Waals surface area contributed by atoms with Gasteiger partial charge >= 0.3 is 5.97 Å². The Bertz CT molecular complexity index is 1240. The van der Waals surface area contributed by atoms with Gasteiger partial charge in [-0.15, -0.1) is 12.4 Å². The van der Waals surface area contributed by atoms with E-state index in [2.05, 4.69) is 15.6 Å². The highest BCUT2D eigenvalue weighted by atomic mass is 35.5. The predicted molar refractivity (Wildman–Crippen MR) is 135 cm³/mol. The van der Waals surface area contributed by atoms with E-state index in [1.165, 1.54) is 19.2 Å². The van der Waals surface area contributed by atoms with E-state index >= 15 is 0 Å². The molecule has 1 unspecified atom stereocenters. The molecule has 1 fully saturated rings. The zero-order valence-electron chi connectivity index (χ0n) is 20.2. The maximum atomic E-state index is 14.8. The average Bonchev–Trinajstić information content (AvgIpc) is 2.88. The van der Waals surface area contributed by atoms with Crippen molar-refractivity contribution in [3.8, 4) is 0 Å². The van der Waals surface area contributed by atoms with Crippen molar-refractivity contribution in [1.82, 2.24) is 10.3 Å². The molecule has 0 amide bonds. The minimum atomic E-state index is -2.90. The molecule has 2 N–H and O–H groups in total. The lowest BCUT2D eigenvalue weighted by atomic mass is 9.81. The monoisotopic (exact) mass is 523 g/mol. The number of halogens is 4. The number of benzene rings is 2. The third-order valence-corrected chi connectivity index (χ3v) is 6.71. The van der Waals surface area contributed by atoms with Gasteiger partial charge in [-0.05, 0) is 56.6 Å². The van der Waals surface area contributed by atoms with Crippen LogP contribution in [0.15, 0.2) is 42.6 Å². The Labute approximate surface area is 214 Å². The first-order valence-corrected chi connectivity index (χ1v) is 11.4. The number of esters is 1. The predicted octanol–water partition coefficient (Wildman–Crippen LogP) is 5.92. The van der Waals surface area contributed by atoms with E-state index in [0.717, 1.165) is 19.2 Å². The lowest BCUT2D eigenvalue weighted by Crippen LogP contribution is -2.42. The van der Waals surface area contributed by atoms with Gasteiger partial charge in [0, 0.05) is 29.9 Å². The van der Waals surface area contributed by atoms with Gasteiger partial charge in [-0.25, -0.2) is 18.0 Å². The van der Waals surface area contributed by atoms with Crippen LogP contribution < -0.4 is 10.6 Å². The molecule has 1 saturated heterocycles. The molecule has 4 rings (SSSR count). The summed E-state index contributed by atoms with van der Waals surface area (Å²) in [5.41, 5.74) is 1.03. The summed E-state index contributed by atoms with van der Waals surface area (Å²) in [6.07, 6.45) is -0.0205. The summed E-state index contributed by atoms with van der Waals surface area (Å²) in [4.78, 5) is 17.1. The van der Waals surface area contributed by atoms with Crippen LogP contribution >= 0.6 is 12.4 Å². The van der Waals surface area contributed by atoms with Crippen molar-refractivity contribution < 1.29 is 27.4 Å². The van der Waals surface area contributed by atoms with Crippen LogP contribution in [0.1, 0.15) is 59.3 Å². The molecule has 6 nitrogen and oxygen atoms in total. The lowest BCUT2D eigenvalue weighted by molar-refractivity contribution is -0.0398. The fourth-order valence-corrected chi connectivity index (χ4v) is 4.77. The number of fused-ring (bicyclic) bond motifs is 1. The summed E-state index contributed by atoms with van der Waals surface area (Å²) >= 11 is 0. The van der Waals surface area contributed by atoms with Crippen LogP contribution in [0.4, 0.5) is 18.9 Å². The van der Waals surface area contributed by atoms with Gasteiger partial charge in [-0.2, -0.15) is 0 Å². The highest BCUT2D eigenvalue weighted by Crippen LogP contribution is 2.40. The van der Waals surface area contributed by atoms with E-state index in [1.54, 1.807) is 32.4 Å². The van der Waals surface area contributed by atoms with Gasteiger partial charge in [0.25, 0.3) is 6.43 Å². The number of anilines is 1. The molecule has 36 heavy (non-hydrogen) atoms. The Balaban J connectivity index is 0.00000361. The van der Waals surface area contributed by atoms with Crippen LogP contribution in [-0.4, -0.2) is 38.3 Å². The lowest BCUT2D eigenvalue weighted by Gasteiger charge is -2.38. The SMILES string of the molecule is COC(=O)c1cc2nccc(NC(C)c3cccc(C(F)F)c3F)c2cc1C1(OC)CCNCC1.Cl. The maximum Gasteiger partial charge on any atom is 0.338 e. The molecular weight excluding hydrogens is 495 g/mol. The van der Waals surface area contributed by atoms with Gasteiger partial charge in [0.2, 0.25) is 0 Å². The van der Waals surface area contributed by atoms with Crippen LogP contribution in [0.3, 0.4) is 0 Å². The Kier molecular flexibility index (Phi) is 8.81. The summed E-state index contributed by atoms with van der Waals surface area (Å²) in [5.74, 6) is -1.42. The maximum absolute atomic E-state index is 14.8. The zero-order chi connectivity index (χ0) is 25.2. The van der Waals surface area contributed by atoms with Gasteiger partial charge in [-0.1, -0.05) is 18.2 Å². The van der Waals surface area contributed by atoms with Crippen molar-refractivity contribution in [1.29, 1.82) is 0 Å². The third kappa shape index (κ3) is 5.14. The number of pyridine rings is 1. The smallest absolute Gasteiger partial charge is 0.338 e. The van der Waals surface area contributed by atoms with Gasteiger partial charge in [0.15, 0.2) is 0 Å². The van der Waals surface area contributed by atoms with E-state index in [1.807, 2.05) is 6.07 Å². The molecule has 0 spiro atoms. The average molecular weight is 524 g/mol. The largest absolute Gasteiger partial charge is 0.465 e. The molecule has 194 valence electrons. The van der Waals surface area contributed by atoms with Crippen LogP contribution in [0.25, 0.3) is 10.9 Å². The Morgan fingerprint density at radius 1 is 1.14 bits per heavy atom.